The minimum atomic E-state index is -0.993. The predicted octanol–water partition coefficient (Wildman–Crippen LogP) is 2.85. The summed E-state index contributed by atoms with van der Waals surface area (Å²) in [6, 6.07) is 5.77. The highest BCUT2D eigenvalue weighted by Gasteiger charge is 2.32. The molecule has 6 heteroatoms. The van der Waals surface area contributed by atoms with Crippen LogP contribution in [-0.2, 0) is 11.3 Å². The largest absolute Gasteiger partial charge is 0.490 e. The first-order chi connectivity index (χ1) is 12.3. The summed E-state index contributed by atoms with van der Waals surface area (Å²) in [6.07, 6.45) is -0.914. The Kier molecular flexibility index (Phi) is 6.89. The van der Waals surface area contributed by atoms with Gasteiger partial charge < -0.3 is 14.6 Å². The smallest absolute Gasteiger partial charge is 0.344 e. The summed E-state index contributed by atoms with van der Waals surface area (Å²) >= 11 is 0. The number of hydrogen-bond donors (Lipinski definition) is 1. The highest BCUT2D eigenvalue weighted by molar-refractivity contribution is 5.72. The summed E-state index contributed by atoms with van der Waals surface area (Å²) in [6.45, 7) is 15.8. The van der Waals surface area contributed by atoms with Crippen LogP contribution in [0, 0.1) is 0 Å². The molecule has 1 aliphatic rings. The van der Waals surface area contributed by atoms with Crippen molar-refractivity contribution in [3.8, 4) is 11.5 Å². The lowest BCUT2D eigenvalue weighted by atomic mass is 9.98. The van der Waals surface area contributed by atoms with Crippen molar-refractivity contribution in [1.29, 1.82) is 0 Å². The van der Waals surface area contributed by atoms with Crippen molar-refractivity contribution in [3.63, 3.8) is 0 Å². The minimum absolute atomic E-state index is 0.162. The average Bonchev–Trinajstić information content (AvgIpc) is 2.56. The van der Waals surface area contributed by atoms with Crippen molar-refractivity contribution in [3.05, 3.63) is 23.8 Å². The lowest BCUT2D eigenvalue weighted by molar-refractivity contribution is -0.144. The Morgan fingerprint density at radius 3 is 2.58 bits per heavy atom. The van der Waals surface area contributed by atoms with E-state index in [0.29, 0.717) is 18.1 Å². The quantitative estimate of drug-likeness (QED) is 0.765. The lowest BCUT2D eigenvalue weighted by Crippen LogP contribution is -2.58. The van der Waals surface area contributed by atoms with Gasteiger partial charge in [-0.1, -0.05) is 13.0 Å². The van der Waals surface area contributed by atoms with Crippen LogP contribution in [0.4, 0.5) is 0 Å². The van der Waals surface area contributed by atoms with Crippen molar-refractivity contribution in [1.82, 2.24) is 9.80 Å². The summed E-state index contributed by atoms with van der Waals surface area (Å²) in [5.74, 6) is 0.0822. The van der Waals surface area contributed by atoms with Crippen molar-refractivity contribution in [2.24, 2.45) is 0 Å². The van der Waals surface area contributed by atoms with Gasteiger partial charge in [0.1, 0.15) is 0 Å². The molecule has 1 heterocycles. The van der Waals surface area contributed by atoms with Crippen LogP contribution in [0.25, 0.3) is 0 Å². The molecule has 0 aromatic heterocycles. The van der Waals surface area contributed by atoms with Crippen molar-refractivity contribution in [2.75, 3.05) is 32.8 Å². The number of piperazine rings is 1. The minimum Gasteiger partial charge on any atom is -0.490 e. The third-order valence-corrected chi connectivity index (χ3v) is 4.90. The number of carbonyl (C=O) groups is 1. The molecular weight excluding hydrogens is 332 g/mol. The van der Waals surface area contributed by atoms with Crippen molar-refractivity contribution < 1.29 is 19.4 Å². The van der Waals surface area contributed by atoms with Crippen LogP contribution in [0.2, 0.25) is 0 Å². The van der Waals surface area contributed by atoms with Gasteiger partial charge in [0.05, 0.1) is 6.61 Å². The van der Waals surface area contributed by atoms with E-state index >= 15 is 0 Å². The zero-order valence-corrected chi connectivity index (χ0v) is 16.6. The van der Waals surface area contributed by atoms with Gasteiger partial charge >= 0.3 is 5.97 Å². The molecule has 1 fully saturated rings. The van der Waals surface area contributed by atoms with E-state index in [1.54, 1.807) is 0 Å². The standard InChI is InChI=1S/C20H32N2O4/c1-6-22-11-10-21(14-20(22,4)5)13-16-8-9-17(18(12-16)25-7-2)26-15(3)19(23)24/h8-9,12,15H,6-7,10-11,13-14H2,1-5H3,(H,23,24)/t15-/m0/s1. The number of carboxylic acids is 1. The molecule has 146 valence electrons. The SMILES string of the molecule is CCOc1cc(CN2CCN(CC)C(C)(C)C2)ccc1O[C@@H](C)C(=O)O. The molecule has 1 aliphatic heterocycles. The van der Waals surface area contributed by atoms with E-state index in [1.165, 1.54) is 6.92 Å². The van der Waals surface area contributed by atoms with E-state index in [1.807, 2.05) is 25.1 Å². The molecule has 0 bridgehead atoms. The lowest BCUT2D eigenvalue weighted by Gasteiger charge is -2.47. The van der Waals surface area contributed by atoms with E-state index in [0.717, 1.165) is 38.3 Å². The van der Waals surface area contributed by atoms with Gasteiger partial charge in [0.2, 0.25) is 0 Å². The Bertz CT molecular complexity index is 618. The van der Waals surface area contributed by atoms with Gasteiger partial charge in [-0.05, 0) is 51.9 Å². The molecular formula is C20H32N2O4. The Morgan fingerprint density at radius 2 is 2.00 bits per heavy atom. The summed E-state index contributed by atoms with van der Waals surface area (Å²) in [5, 5.41) is 9.05. The second kappa shape index (κ2) is 8.73. The summed E-state index contributed by atoms with van der Waals surface area (Å²) < 4.78 is 11.2. The van der Waals surface area contributed by atoms with Crippen molar-refractivity contribution >= 4 is 5.97 Å². The van der Waals surface area contributed by atoms with Gasteiger partial charge in [-0.25, -0.2) is 4.79 Å². The van der Waals surface area contributed by atoms with Gasteiger partial charge in [-0.3, -0.25) is 9.80 Å². The number of benzene rings is 1. The number of ether oxygens (including phenoxy) is 2. The van der Waals surface area contributed by atoms with Crippen LogP contribution >= 0.6 is 0 Å². The zero-order valence-electron chi connectivity index (χ0n) is 16.6. The van der Waals surface area contributed by atoms with E-state index in [4.69, 9.17) is 14.6 Å². The topological polar surface area (TPSA) is 62.2 Å². The first-order valence-corrected chi connectivity index (χ1v) is 9.39. The second-order valence-corrected chi connectivity index (χ2v) is 7.42. The molecule has 6 nitrogen and oxygen atoms in total. The summed E-state index contributed by atoms with van der Waals surface area (Å²) in [7, 11) is 0. The Hall–Kier alpha value is -1.79. The monoisotopic (exact) mass is 364 g/mol. The fraction of sp³-hybridized carbons (Fsp3) is 0.650. The number of aliphatic carboxylic acids is 1. The second-order valence-electron chi connectivity index (χ2n) is 7.42. The zero-order chi connectivity index (χ0) is 19.3. The predicted molar refractivity (Wildman–Crippen MR) is 102 cm³/mol. The molecule has 1 aromatic carbocycles. The average molecular weight is 364 g/mol. The third kappa shape index (κ3) is 5.11. The molecule has 1 N–H and O–H groups in total. The fourth-order valence-electron chi connectivity index (χ4n) is 3.53. The van der Waals surface area contributed by atoms with E-state index < -0.39 is 12.1 Å². The number of carboxylic acid groups (broad SMARTS) is 1. The van der Waals surface area contributed by atoms with Gasteiger partial charge in [-0.2, -0.15) is 0 Å². The molecule has 0 aliphatic carbocycles. The highest BCUT2D eigenvalue weighted by atomic mass is 16.5. The Balaban J connectivity index is 2.10. The first kappa shape index (κ1) is 20.5. The van der Waals surface area contributed by atoms with Crippen LogP contribution in [0.3, 0.4) is 0 Å². The fourth-order valence-corrected chi connectivity index (χ4v) is 3.53. The summed E-state index contributed by atoms with van der Waals surface area (Å²) in [5.41, 5.74) is 1.31. The Morgan fingerprint density at radius 1 is 1.27 bits per heavy atom. The number of nitrogens with zero attached hydrogens (tertiary/aromatic N) is 2. The molecule has 1 aromatic rings. The van der Waals surface area contributed by atoms with Crippen LogP contribution in [0.15, 0.2) is 18.2 Å². The summed E-state index contributed by atoms with van der Waals surface area (Å²) in [4.78, 5) is 16.0. The number of likely N-dealkylation sites (N-methyl/N-ethyl adjacent to an activating group) is 1. The maximum atomic E-state index is 11.0. The maximum absolute atomic E-state index is 11.0. The molecule has 1 saturated heterocycles. The number of hydrogen-bond acceptors (Lipinski definition) is 5. The van der Waals surface area contributed by atoms with Gasteiger partial charge in [0.15, 0.2) is 17.6 Å². The van der Waals surface area contributed by atoms with Crippen LogP contribution in [0.1, 0.15) is 40.2 Å². The van der Waals surface area contributed by atoms with Crippen LogP contribution < -0.4 is 9.47 Å². The molecule has 0 amide bonds. The van der Waals surface area contributed by atoms with Gasteiger partial charge in [-0.15, -0.1) is 0 Å². The van der Waals surface area contributed by atoms with E-state index in [2.05, 4.69) is 30.6 Å². The van der Waals surface area contributed by atoms with E-state index in [9.17, 15) is 4.79 Å². The molecule has 2 rings (SSSR count). The van der Waals surface area contributed by atoms with Gasteiger partial charge in [0.25, 0.3) is 0 Å². The van der Waals surface area contributed by atoms with Crippen LogP contribution in [-0.4, -0.2) is 65.3 Å². The third-order valence-electron chi connectivity index (χ3n) is 4.90. The molecule has 0 spiro atoms. The molecule has 26 heavy (non-hydrogen) atoms. The normalized spacial score (nSPS) is 19.1. The number of rotatable bonds is 8. The van der Waals surface area contributed by atoms with Crippen LogP contribution in [0.5, 0.6) is 11.5 Å². The maximum Gasteiger partial charge on any atom is 0.344 e. The van der Waals surface area contributed by atoms with E-state index in [-0.39, 0.29) is 5.54 Å². The molecule has 0 unspecified atom stereocenters. The molecule has 0 saturated carbocycles. The van der Waals surface area contributed by atoms with Crippen molar-refractivity contribution in [2.45, 2.75) is 52.8 Å². The van der Waals surface area contributed by atoms with Gasteiger partial charge in [0, 0.05) is 31.7 Å². The highest BCUT2D eigenvalue weighted by Crippen LogP contribution is 2.31. The first-order valence-electron chi connectivity index (χ1n) is 9.39. The Labute approximate surface area is 156 Å². The molecule has 1 atom stereocenters. The molecule has 0 radical (unpaired) electrons.